The zero-order valence-electron chi connectivity index (χ0n) is 19.4. The van der Waals surface area contributed by atoms with Crippen LogP contribution in [0.3, 0.4) is 0 Å². The Bertz CT molecular complexity index is 1320. The summed E-state index contributed by atoms with van der Waals surface area (Å²) in [5.41, 5.74) is 3.78. The number of ether oxygens (including phenoxy) is 3. The average Bonchev–Trinajstić information content (AvgIpc) is 3.22. The van der Waals surface area contributed by atoms with E-state index in [1.165, 1.54) is 0 Å². The summed E-state index contributed by atoms with van der Waals surface area (Å²) in [5, 5.41) is 8.90. The van der Waals surface area contributed by atoms with Crippen molar-refractivity contribution in [1.29, 1.82) is 0 Å². The van der Waals surface area contributed by atoms with Gasteiger partial charge in [0.1, 0.15) is 11.5 Å². The SMILES string of the molecule is CCCOc1nc(Oc2ccccc2C)nc2oc(-c3cc(C)c(OCC(=O)O)c(C)c3)nc12. The molecule has 4 rings (SSSR count). The number of oxazole rings is 1. The monoisotopic (exact) mass is 463 g/mol. The molecular formula is C25H25N3O6. The molecule has 2 heterocycles. The van der Waals surface area contributed by atoms with E-state index in [1.54, 1.807) is 0 Å². The fourth-order valence-electron chi connectivity index (χ4n) is 3.45. The van der Waals surface area contributed by atoms with Gasteiger partial charge in [-0.15, -0.1) is 0 Å². The standard InChI is InChI=1S/C25H25N3O6/c1-5-10-31-23-20-24(28-25(27-23)33-18-9-7-6-8-14(18)2)34-22(26-20)17-11-15(3)21(16(4)12-17)32-13-19(29)30/h6-9,11-12H,5,10,13H2,1-4H3,(H,29,30). The minimum atomic E-state index is -1.04. The number of carbonyl (C=O) groups is 1. The fourth-order valence-corrected chi connectivity index (χ4v) is 3.45. The van der Waals surface area contributed by atoms with E-state index < -0.39 is 12.6 Å². The Morgan fingerprint density at radius 1 is 1.00 bits per heavy atom. The molecule has 0 aliphatic rings. The van der Waals surface area contributed by atoms with Gasteiger partial charge in [-0.25, -0.2) is 9.78 Å². The molecule has 2 aromatic heterocycles. The highest BCUT2D eigenvalue weighted by atomic mass is 16.5. The van der Waals surface area contributed by atoms with Crippen molar-refractivity contribution in [2.45, 2.75) is 34.1 Å². The largest absolute Gasteiger partial charge is 0.481 e. The highest BCUT2D eigenvalue weighted by Gasteiger charge is 2.20. The van der Waals surface area contributed by atoms with E-state index in [4.69, 9.17) is 23.7 Å². The van der Waals surface area contributed by atoms with E-state index in [9.17, 15) is 4.79 Å². The molecule has 176 valence electrons. The van der Waals surface area contributed by atoms with E-state index in [-0.39, 0.29) is 17.6 Å². The molecule has 0 bridgehead atoms. The highest BCUT2D eigenvalue weighted by molar-refractivity contribution is 5.78. The van der Waals surface area contributed by atoms with Crippen molar-refractivity contribution in [3.63, 3.8) is 0 Å². The number of hydrogen-bond acceptors (Lipinski definition) is 8. The Labute approximate surface area is 196 Å². The van der Waals surface area contributed by atoms with Gasteiger partial charge in [-0.3, -0.25) is 0 Å². The summed E-state index contributed by atoms with van der Waals surface area (Å²) in [7, 11) is 0. The van der Waals surface area contributed by atoms with Gasteiger partial charge in [0, 0.05) is 5.56 Å². The first-order valence-electron chi connectivity index (χ1n) is 10.9. The van der Waals surface area contributed by atoms with Crippen LogP contribution in [0.4, 0.5) is 0 Å². The first kappa shape index (κ1) is 23.0. The van der Waals surface area contributed by atoms with E-state index in [0.29, 0.717) is 35.1 Å². The predicted molar refractivity (Wildman–Crippen MR) is 125 cm³/mol. The second-order valence-corrected chi connectivity index (χ2v) is 7.82. The topological polar surface area (TPSA) is 117 Å². The van der Waals surface area contributed by atoms with Crippen molar-refractivity contribution in [3.8, 4) is 34.8 Å². The number of aliphatic carboxylic acids is 1. The smallest absolute Gasteiger partial charge is 0.341 e. The lowest BCUT2D eigenvalue weighted by atomic mass is 10.1. The number of aromatic nitrogens is 3. The van der Waals surface area contributed by atoms with Gasteiger partial charge in [0.05, 0.1) is 6.61 Å². The van der Waals surface area contributed by atoms with E-state index in [2.05, 4.69) is 15.0 Å². The molecule has 1 N–H and O–H groups in total. The van der Waals surface area contributed by atoms with Gasteiger partial charge in [0.2, 0.25) is 5.89 Å². The summed E-state index contributed by atoms with van der Waals surface area (Å²) in [6, 6.07) is 11.3. The molecule has 0 atom stereocenters. The van der Waals surface area contributed by atoms with E-state index >= 15 is 0 Å². The Morgan fingerprint density at radius 2 is 1.74 bits per heavy atom. The molecule has 0 spiro atoms. The normalized spacial score (nSPS) is 10.9. The van der Waals surface area contributed by atoms with Crippen LogP contribution in [0.1, 0.15) is 30.0 Å². The van der Waals surface area contributed by atoms with Crippen molar-refractivity contribution in [2.24, 2.45) is 0 Å². The maximum absolute atomic E-state index is 10.9. The number of rotatable bonds is 9. The van der Waals surface area contributed by atoms with Crippen LogP contribution in [-0.4, -0.2) is 39.2 Å². The molecule has 4 aromatic rings. The summed E-state index contributed by atoms with van der Waals surface area (Å²) >= 11 is 0. The molecule has 34 heavy (non-hydrogen) atoms. The van der Waals surface area contributed by atoms with Crippen LogP contribution < -0.4 is 14.2 Å². The van der Waals surface area contributed by atoms with Crippen molar-refractivity contribution >= 4 is 17.2 Å². The zero-order valence-corrected chi connectivity index (χ0v) is 19.4. The van der Waals surface area contributed by atoms with Crippen molar-refractivity contribution in [3.05, 3.63) is 53.1 Å². The molecule has 0 radical (unpaired) electrons. The number of hydrogen-bond donors (Lipinski definition) is 1. The van der Waals surface area contributed by atoms with Gasteiger partial charge in [0.15, 0.2) is 12.1 Å². The zero-order chi connectivity index (χ0) is 24.2. The van der Waals surface area contributed by atoms with Gasteiger partial charge in [-0.05, 0) is 62.1 Å². The molecule has 9 nitrogen and oxygen atoms in total. The number of fused-ring (bicyclic) bond motifs is 1. The molecule has 0 unspecified atom stereocenters. The molecule has 0 aliphatic carbocycles. The van der Waals surface area contributed by atoms with Gasteiger partial charge in [0.25, 0.3) is 11.6 Å². The first-order chi connectivity index (χ1) is 16.4. The summed E-state index contributed by atoms with van der Waals surface area (Å²) in [6.07, 6.45) is 0.792. The molecule has 2 aromatic carbocycles. The maximum atomic E-state index is 10.9. The predicted octanol–water partition coefficient (Wildman–Crippen LogP) is 5.25. The van der Waals surface area contributed by atoms with E-state index in [1.807, 2.05) is 64.1 Å². The third-order valence-corrected chi connectivity index (χ3v) is 4.99. The van der Waals surface area contributed by atoms with Crippen molar-refractivity contribution in [1.82, 2.24) is 15.0 Å². The third kappa shape index (κ3) is 4.93. The Morgan fingerprint density at radius 3 is 2.41 bits per heavy atom. The number of benzene rings is 2. The quantitative estimate of drug-likeness (QED) is 0.355. The Hall–Kier alpha value is -4.14. The van der Waals surface area contributed by atoms with Crippen LogP contribution in [0.5, 0.6) is 23.4 Å². The number of nitrogens with zero attached hydrogens (tertiary/aromatic N) is 3. The van der Waals surface area contributed by atoms with Crippen LogP contribution in [0.15, 0.2) is 40.8 Å². The van der Waals surface area contributed by atoms with Crippen LogP contribution in [0.25, 0.3) is 22.7 Å². The molecule has 0 saturated heterocycles. The fraction of sp³-hybridized carbons (Fsp3) is 0.280. The summed E-state index contributed by atoms with van der Waals surface area (Å²) in [5.74, 6) is 0.716. The maximum Gasteiger partial charge on any atom is 0.341 e. The molecule has 9 heteroatoms. The number of carboxylic acids is 1. The molecule has 0 fully saturated rings. The summed E-state index contributed by atoms with van der Waals surface area (Å²) in [4.78, 5) is 24.3. The third-order valence-electron chi connectivity index (χ3n) is 4.99. The van der Waals surface area contributed by atoms with Crippen LogP contribution in [0, 0.1) is 20.8 Å². The second kappa shape index (κ2) is 9.78. The second-order valence-electron chi connectivity index (χ2n) is 7.82. The first-order valence-corrected chi connectivity index (χ1v) is 10.9. The lowest BCUT2D eigenvalue weighted by molar-refractivity contribution is -0.139. The summed E-state index contributed by atoms with van der Waals surface area (Å²) < 4.78 is 23.1. The van der Waals surface area contributed by atoms with Gasteiger partial charge in [-0.1, -0.05) is 25.1 Å². The van der Waals surface area contributed by atoms with Crippen molar-refractivity contribution in [2.75, 3.05) is 13.2 Å². The minimum Gasteiger partial charge on any atom is -0.481 e. The molecule has 0 amide bonds. The van der Waals surface area contributed by atoms with Crippen LogP contribution >= 0.6 is 0 Å². The number of para-hydroxylation sites is 1. The number of aryl methyl sites for hydroxylation is 3. The van der Waals surface area contributed by atoms with Crippen LogP contribution in [-0.2, 0) is 4.79 Å². The highest BCUT2D eigenvalue weighted by Crippen LogP contribution is 2.34. The average molecular weight is 463 g/mol. The summed E-state index contributed by atoms with van der Waals surface area (Å²) in [6.45, 7) is 7.63. The van der Waals surface area contributed by atoms with Gasteiger partial charge < -0.3 is 23.7 Å². The Balaban J connectivity index is 1.73. The lowest BCUT2D eigenvalue weighted by Gasteiger charge is -2.11. The van der Waals surface area contributed by atoms with E-state index in [0.717, 1.165) is 23.1 Å². The minimum absolute atomic E-state index is 0.0976. The molecule has 0 aliphatic heterocycles. The molecule has 0 saturated carbocycles. The Kier molecular flexibility index (Phi) is 6.62. The van der Waals surface area contributed by atoms with Gasteiger partial charge in [-0.2, -0.15) is 9.97 Å². The lowest BCUT2D eigenvalue weighted by Crippen LogP contribution is -2.10. The van der Waals surface area contributed by atoms with Crippen molar-refractivity contribution < 1.29 is 28.5 Å². The number of carboxylic acid groups (broad SMARTS) is 1. The van der Waals surface area contributed by atoms with Gasteiger partial charge >= 0.3 is 12.0 Å². The van der Waals surface area contributed by atoms with Crippen LogP contribution in [0.2, 0.25) is 0 Å². The molecular weight excluding hydrogens is 438 g/mol.